The number of rotatable bonds is 3. The molecule has 1 unspecified atom stereocenters. The molecule has 1 N–H and O–H groups in total. The van der Waals surface area contributed by atoms with Crippen LogP contribution in [-0.2, 0) is 0 Å². The summed E-state index contributed by atoms with van der Waals surface area (Å²) in [5.74, 6) is -0.861. The monoisotopic (exact) mass is 254 g/mol. The van der Waals surface area contributed by atoms with Crippen LogP contribution in [0.3, 0.4) is 0 Å². The highest BCUT2D eigenvalue weighted by molar-refractivity contribution is 7.11. The number of nitrogens with one attached hydrogen (secondary N) is 1. The number of aromatic nitrogens is 1. The minimum absolute atomic E-state index is 0.302. The third kappa shape index (κ3) is 2.50. The molecular formula is C12H12F2N2S. The van der Waals surface area contributed by atoms with E-state index >= 15 is 0 Å². The highest BCUT2D eigenvalue weighted by Crippen LogP contribution is 2.28. The molecule has 0 aliphatic heterocycles. The third-order valence-electron chi connectivity index (χ3n) is 2.48. The summed E-state index contributed by atoms with van der Waals surface area (Å²) in [6.07, 6.45) is 1.69. The molecule has 2 rings (SSSR count). The van der Waals surface area contributed by atoms with E-state index in [-0.39, 0.29) is 6.04 Å². The summed E-state index contributed by atoms with van der Waals surface area (Å²) in [7, 11) is 1.71. The molecule has 0 amide bonds. The maximum absolute atomic E-state index is 13.7. The zero-order valence-corrected chi connectivity index (χ0v) is 10.3. The number of hydrogen-bond donors (Lipinski definition) is 1. The standard InChI is InChI=1S/C12H12F2N2S/c1-7-16-6-11(17-7)12(15-2)9-5-8(13)3-4-10(9)14/h3-6,12,15H,1-2H3. The average Bonchev–Trinajstić information content (AvgIpc) is 2.71. The minimum Gasteiger partial charge on any atom is -0.309 e. The Morgan fingerprint density at radius 3 is 2.71 bits per heavy atom. The van der Waals surface area contributed by atoms with Gasteiger partial charge < -0.3 is 5.32 Å². The zero-order chi connectivity index (χ0) is 12.4. The second-order valence-electron chi connectivity index (χ2n) is 3.67. The first-order chi connectivity index (χ1) is 8.11. The Hall–Kier alpha value is -1.33. The predicted molar refractivity (Wildman–Crippen MR) is 64.1 cm³/mol. The molecule has 5 heteroatoms. The number of hydrogen-bond acceptors (Lipinski definition) is 3. The molecule has 0 saturated carbocycles. The van der Waals surface area contributed by atoms with Crippen molar-refractivity contribution in [3.8, 4) is 0 Å². The van der Waals surface area contributed by atoms with Crippen LogP contribution in [0.5, 0.6) is 0 Å². The van der Waals surface area contributed by atoms with E-state index in [0.29, 0.717) is 5.56 Å². The van der Waals surface area contributed by atoms with Crippen LogP contribution >= 0.6 is 11.3 Å². The molecule has 1 heterocycles. The number of aryl methyl sites for hydroxylation is 1. The first-order valence-corrected chi connectivity index (χ1v) is 5.98. The number of thiazole rings is 1. The molecule has 1 aromatic carbocycles. The zero-order valence-electron chi connectivity index (χ0n) is 9.50. The second-order valence-corrected chi connectivity index (χ2v) is 4.94. The van der Waals surface area contributed by atoms with Crippen molar-refractivity contribution in [3.05, 3.63) is 51.5 Å². The topological polar surface area (TPSA) is 24.9 Å². The third-order valence-corrected chi connectivity index (χ3v) is 3.46. The normalized spacial score (nSPS) is 12.7. The Morgan fingerprint density at radius 1 is 1.35 bits per heavy atom. The van der Waals surface area contributed by atoms with Gasteiger partial charge in [0.2, 0.25) is 0 Å². The van der Waals surface area contributed by atoms with E-state index < -0.39 is 11.6 Å². The van der Waals surface area contributed by atoms with E-state index in [1.165, 1.54) is 17.4 Å². The molecule has 0 fully saturated rings. The van der Waals surface area contributed by atoms with Gasteiger partial charge in [-0.3, -0.25) is 0 Å². The maximum Gasteiger partial charge on any atom is 0.128 e. The van der Waals surface area contributed by atoms with Crippen LogP contribution in [0, 0.1) is 18.6 Å². The summed E-state index contributed by atoms with van der Waals surface area (Å²) < 4.78 is 26.8. The van der Waals surface area contributed by atoms with Crippen LogP contribution in [0.4, 0.5) is 8.78 Å². The van der Waals surface area contributed by atoms with Crippen molar-refractivity contribution in [1.82, 2.24) is 10.3 Å². The fourth-order valence-corrected chi connectivity index (χ4v) is 2.61. The van der Waals surface area contributed by atoms with Crippen molar-refractivity contribution < 1.29 is 8.78 Å². The summed E-state index contributed by atoms with van der Waals surface area (Å²) >= 11 is 1.47. The lowest BCUT2D eigenvalue weighted by molar-refractivity contribution is 0.560. The molecule has 1 aromatic heterocycles. The Labute approximate surface area is 102 Å². The van der Waals surface area contributed by atoms with E-state index in [4.69, 9.17) is 0 Å². The summed E-state index contributed by atoms with van der Waals surface area (Å²) in [5, 5.41) is 3.88. The molecule has 0 aliphatic rings. The Balaban J connectivity index is 2.45. The first kappa shape index (κ1) is 12.1. The van der Waals surface area contributed by atoms with Gasteiger partial charge in [-0.05, 0) is 32.2 Å². The molecule has 0 radical (unpaired) electrons. The van der Waals surface area contributed by atoms with Crippen LogP contribution < -0.4 is 5.32 Å². The van der Waals surface area contributed by atoms with E-state index in [0.717, 1.165) is 22.0 Å². The van der Waals surface area contributed by atoms with Gasteiger partial charge in [-0.2, -0.15) is 0 Å². The molecule has 1 atom stereocenters. The Bertz CT molecular complexity index is 525. The van der Waals surface area contributed by atoms with Gasteiger partial charge in [0.1, 0.15) is 11.6 Å². The van der Waals surface area contributed by atoms with Gasteiger partial charge in [0.05, 0.1) is 11.0 Å². The van der Waals surface area contributed by atoms with Crippen LogP contribution in [0.25, 0.3) is 0 Å². The molecular weight excluding hydrogens is 242 g/mol. The molecule has 2 aromatic rings. The lowest BCUT2D eigenvalue weighted by Gasteiger charge is -2.15. The van der Waals surface area contributed by atoms with Crippen LogP contribution in [-0.4, -0.2) is 12.0 Å². The van der Waals surface area contributed by atoms with E-state index in [1.54, 1.807) is 13.2 Å². The number of halogens is 2. The fourth-order valence-electron chi connectivity index (χ4n) is 1.70. The number of benzene rings is 1. The van der Waals surface area contributed by atoms with Gasteiger partial charge >= 0.3 is 0 Å². The fraction of sp³-hybridized carbons (Fsp3) is 0.250. The maximum atomic E-state index is 13.7. The molecule has 0 spiro atoms. The quantitative estimate of drug-likeness (QED) is 0.910. The van der Waals surface area contributed by atoms with Crippen molar-refractivity contribution in [2.24, 2.45) is 0 Å². The molecule has 0 bridgehead atoms. The summed E-state index contributed by atoms with van der Waals surface area (Å²) in [6, 6.07) is 3.11. The first-order valence-electron chi connectivity index (χ1n) is 5.16. The molecule has 0 aliphatic carbocycles. The SMILES string of the molecule is CNC(c1cnc(C)s1)c1cc(F)ccc1F. The second kappa shape index (κ2) is 4.89. The highest BCUT2D eigenvalue weighted by atomic mass is 32.1. The van der Waals surface area contributed by atoms with Crippen molar-refractivity contribution in [1.29, 1.82) is 0 Å². The molecule has 17 heavy (non-hydrogen) atoms. The van der Waals surface area contributed by atoms with Crippen molar-refractivity contribution in [2.75, 3.05) is 7.05 Å². The Kier molecular flexibility index (Phi) is 3.49. The summed E-state index contributed by atoms with van der Waals surface area (Å²) in [6.45, 7) is 1.88. The van der Waals surface area contributed by atoms with Crippen molar-refractivity contribution in [2.45, 2.75) is 13.0 Å². The van der Waals surface area contributed by atoms with Gasteiger partial charge in [0.25, 0.3) is 0 Å². The summed E-state index contributed by atoms with van der Waals surface area (Å²) in [4.78, 5) is 5.00. The van der Waals surface area contributed by atoms with Crippen LogP contribution in [0.1, 0.15) is 21.5 Å². The minimum atomic E-state index is -0.442. The van der Waals surface area contributed by atoms with Gasteiger partial charge in [-0.15, -0.1) is 11.3 Å². The highest BCUT2D eigenvalue weighted by Gasteiger charge is 2.18. The van der Waals surface area contributed by atoms with Crippen LogP contribution in [0.2, 0.25) is 0 Å². The largest absolute Gasteiger partial charge is 0.309 e. The van der Waals surface area contributed by atoms with Crippen LogP contribution in [0.15, 0.2) is 24.4 Å². The van der Waals surface area contributed by atoms with Gasteiger partial charge in [0, 0.05) is 16.6 Å². The smallest absolute Gasteiger partial charge is 0.128 e. The lowest BCUT2D eigenvalue weighted by Crippen LogP contribution is -2.18. The van der Waals surface area contributed by atoms with Gasteiger partial charge in [0.15, 0.2) is 0 Å². The summed E-state index contributed by atoms with van der Waals surface area (Å²) in [5.41, 5.74) is 0.302. The molecule has 2 nitrogen and oxygen atoms in total. The lowest BCUT2D eigenvalue weighted by atomic mass is 10.1. The van der Waals surface area contributed by atoms with E-state index in [1.807, 2.05) is 6.92 Å². The van der Waals surface area contributed by atoms with Crippen molar-refractivity contribution in [3.63, 3.8) is 0 Å². The van der Waals surface area contributed by atoms with Crippen molar-refractivity contribution >= 4 is 11.3 Å². The average molecular weight is 254 g/mol. The van der Waals surface area contributed by atoms with E-state index in [2.05, 4.69) is 10.3 Å². The predicted octanol–water partition coefficient (Wildman–Crippen LogP) is 3.04. The number of nitrogens with zero attached hydrogens (tertiary/aromatic N) is 1. The molecule has 90 valence electrons. The van der Waals surface area contributed by atoms with E-state index in [9.17, 15) is 8.78 Å². The van der Waals surface area contributed by atoms with Gasteiger partial charge in [-0.25, -0.2) is 13.8 Å². The molecule has 0 saturated heterocycles. The Morgan fingerprint density at radius 2 is 2.12 bits per heavy atom. The van der Waals surface area contributed by atoms with Gasteiger partial charge in [-0.1, -0.05) is 0 Å².